The van der Waals surface area contributed by atoms with Crippen LogP contribution in [-0.2, 0) is 0 Å². The van der Waals surface area contributed by atoms with Gasteiger partial charge in [0.05, 0.1) is 0 Å². The van der Waals surface area contributed by atoms with Crippen molar-refractivity contribution in [2.45, 2.75) is 42.5 Å². The molecule has 1 aromatic heterocycles. The van der Waals surface area contributed by atoms with Gasteiger partial charge in [-0.25, -0.2) is 0 Å². The number of fused-ring (bicyclic) bond motifs is 3. The lowest BCUT2D eigenvalue weighted by molar-refractivity contribution is 0.225. The zero-order chi connectivity index (χ0) is 20.1. The van der Waals surface area contributed by atoms with Gasteiger partial charge in [-0.2, -0.15) is 4.98 Å². The molecule has 1 unspecified atom stereocenters. The van der Waals surface area contributed by atoms with Crippen molar-refractivity contribution in [2.24, 2.45) is 0 Å². The van der Waals surface area contributed by atoms with E-state index < -0.39 is 0 Å². The first-order valence-corrected chi connectivity index (χ1v) is 12.0. The van der Waals surface area contributed by atoms with Crippen molar-refractivity contribution in [1.29, 1.82) is 0 Å². The highest BCUT2D eigenvalue weighted by Gasteiger charge is 2.25. The van der Waals surface area contributed by atoms with Crippen molar-refractivity contribution >= 4 is 29.2 Å². The Labute approximate surface area is 180 Å². The maximum atomic E-state index is 6.32. The predicted octanol–water partition coefficient (Wildman–Crippen LogP) is 6.05. The largest absolute Gasteiger partial charge is 0.448 e. The van der Waals surface area contributed by atoms with Crippen LogP contribution in [-0.4, -0.2) is 27.2 Å². The number of para-hydroxylation sites is 1. The molecule has 150 valence electrons. The Kier molecular flexibility index (Phi) is 6.56. The first-order chi connectivity index (χ1) is 14.3. The summed E-state index contributed by atoms with van der Waals surface area (Å²) in [6, 6.07) is 16.4. The minimum Gasteiger partial charge on any atom is -0.448 e. The highest BCUT2D eigenvalue weighted by molar-refractivity contribution is 7.99. The third kappa shape index (κ3) is 4.67. The zero-order valence-corrected chi connectivity index (χ0v) is 18.2. The van der Waals surface area contributed by atoms with Gasteiger partial charge in [0.25, 0.3) is 0 Å². The van der Waals surface area contributed by atoms with Gasteiger partial charge in [-0.05, 0) is 30.9 Å². The second-order valence-corrected chi connectivity index (χ2v) is 8.71. The molecule has 1 aliphatic heterocycles. The molecule has 0 radical (unpaired) electrons. The molecule has 2 heterocycles. The zero-order valence-electron chi connectivity index (χ0n) is 16.6. The van der Waals surface area contributed by atoms with E-state index in [-0.39, 0.29) is 6.23 Å². The van der Waals surface area contributed by atoms with Gasteiger partial charge in [0.1, 0.15) is 0 Å². The van der Waals surface area contributed by atoms with Crippen LogP contribution in [0.25, 0.3) is 11.3 Å². The van der Waals surface area contributed by atoms with E-state index in [4.69, 9.17) is 9.72 Å². The number of ether oxygens (including phenoxy) is 1. The number of aromatic nitrogens is 3. The monoisotopic (exact) mass is 424 g/mol. The topological polar surface area (TPSA) is 59.9 Å². The summed E-state index contributed by atoms with van der Waals surface area (Å²) in [7, 11) is 0. The smallest absolute Gasteiger partial charge is 0.247 e. The number of rotatable bonds is 7. The molecule has 1 atom stereocenters. The van der Waals surface area contributed by atoms with Gasteiger partial charge in [-0.3, -0.25) is 0 Å². The molecule has 1 N–H and O–H groups in total. The Hall–Kier alpha value is -2.25. The highest BCUT2D eigenvalue weighted by atomic mass is 32.2. The quantitative estimate of drug-likeness (QED) is 0.366. The molecule has 0 amide bonds. The maximum absolute atomic E-state index is 6.32. The molecule has 29 heavy (non-hydrogen) atoms. The summed E-state index contributed by atoms with van der Waals surface area (Å²) in [5, 5.41) is 13.0. The van der Waals surface area contributed by atoms with Crippen LogP contribution in [0.15, 0.2) is 58.6 Å². The SMILES string of the molecule is CCCCCSc1nnc2c(n1)OC(c1ccc(SC)cc1)Nc1ccccc1-2. The Morgan fingerprint density at radius 2 is 1.86 bits per heavy atom. The fourth-order valence-electron chi connectivity index (χ4n) is 3.15. The van der Waals surface area contributed by atoms with Crippen LogP contribution in [0.4, 0.5) is 5.69 Å². The van der Waals surface area contributed by atoms with Gasteiger partial charge in [-0.1, -0.05) is 61.9 Å². The van der Waals surface area contributed by atoms with Gasteiger partial charge in [0.15, 0.2) is 11.9 Å². The summed E-state index contributed by atoms with van der Waals surface area (Å²) in [6.45, 7) is 2.20. The van der Waals surface area contributed by atoms with Crippen LogP contribution in [0.2, 0.25) is 0 Å². The average molecular weight is 425 g/mol. The van der Waals surface area contributed by atoms with Crippen LogP contribution >= 0.6 is 23.5 Å². The van der Waals surface area contributed by atoms with Crippen molar-refractivity contribution in [2.75, 3.05) is 17.3 Å². The van der Waals surface area contributed by atoms with Crippen LogP contribution < -0.4 is 10.1 Å². The van der Waals surface area contributed by atoms with E-state index in [0.717, 1.165) is 29.0 Å². The number of hydrogen-bond acceptors (Lipinski definition) is 7. The van der Waals surface area contributed by atoms with E-state index >= 15 is 0 Å². The minimum atomic E-state index is -0.344. The molecule has 0 saturated heterocycles. The van der Waals surface area contributed by atoms with Crippen molar-refractivity contribution in [3.63, 3.8) is 0 Å². The lowest BCUT2D eigenvalue weighted by Crippen LogP contribution is -2.17. The lowest BCUT2D eigenvalue weighted by Gasteiger charge is -2.19. The van der Waals surface area contributed by atoms with Crippen molar-refractivity contribution in [3.05, 3.63) is 54.1 Å². The van der Waals surface area contributed by atoms with Gasteiger partial charge in [-0.15, -0.1) is 22.0 Å². The Morgan fingerprint density at radius 1 is 1.03 bits per heavy atom. The molecule has 7 heteroatoms. The molecular weight excluding hydrogens is 400 g/mol. The maximum Gasteiger partial charge on any atom is 0.247 e. The molecule has 5 nitrogen and oxygen atoms in total. The summed E-state index contributed by atoms with van der Waals surface area (Å²) in [5.41, 5.74) is 3.63. The van der Waals surface area contributed by atoms with E-state index in [9.17, 15) is 0 Å². The fraction of sp³-hybridized carbons (Fsp3) is 0.318. The first-order valence-electron chi connectivity index (χ1n) is 9.82. The summed E-state index contributed by atoms with van der Waals surface area (Å²) in [4.78, 5) is 5.92. The summed E-state index contributed by atoms with van der Waals surface area (Å²) >= 11 is 3.36. The molecule has 0 aliphatic carbocycles. The van der Waals surface area contributed by atoms with Crippen molar-refractivity contribution in [1.82, 2.24) is 15.2 Å². The Balaban J connectivity index is 1.66. The van der Waals surface area contributed by atoms with Crippen LogP contribution in [0.1, 0.15) is 38.0 Å². The van der Waals surface area contributed by atoms with Gasteiger partial charge in [0, 0.05) is 27.5 Å². The van der Waals surface area contributed by atoms with Gasteiger partial charge in [0.2, 0.25) is 11.0 Å². The minimum absolute atomic E-state index is 0.344. The predicted molar refractivity (Wildman–Crippen MR) is 121 cm³/mol. The van der Waals surface area contributed by atoms with E-state index in [1.807, 2.05) is 24.3 Å². The average Bonchev–Trinajstić information content (AvgIpc) is 2.93. The Morgan fingerprint density at radius 3 is 2.66 bits per heavy atom. The van der Waals surface area contributed by atoms with E-state index in [1.165, 1.54) is 17.7 Å². The summed E-state index contributed by atoms with van der Waals surface area (Å²) in [6.07, 6.45) is 5.30. The van der Waals surface area contributed by atoms with Crippen molar-refractivity contribution < 1.29 is 4.74 Å². The standard InChI is InChI=1S/C22H24N4OS2/c1-3-4-7-14-29-22-24-21-19(25-26-22)17-8-5-6-9-18(17)23-20(27-21)15-10-12-16(28-2)13-11-15/h5-6,8-13,20,23H,3-4,7,14H2,1-2H3. The van der Waals surface area contributed by atoms with Crippen LogP contribution in [0.5, 0.6) is 5.88 Å². The number of unbranched alkanes of at least 4 members (excludes halogenated alkanes) is 2. The third-order valence-electron chi connectivity index (χ3n) is 4.73. The molecule has 2 aromatic carbocycles. The number of anilines is 1. The molecule has 0 bridgehead atoms. The second-order valence-electron chi connectivity index (χ2n) is 6.76. The summed E-state index contributed by atoms with van der Waals surface area (Å²) < 4.78 is 6.32. The number of nitrogens with zero attached hydrogens (tertiary/aromatic N) is 3. The molecule has 1 aliphatic rings. The molecule has 0 fully saturated rings. The number of thioether (sulfide) groups is 2. The second kappa shape index (κ2) is 9.50. The van der Waals surface area contributed by atoms with Crippen LogP contribution in [0.3, 0.4) is 0 Å². The fourth-order valence-corrected chi connectivity index (χ4v) is 4.34. The number of hydrogen-bond donors (Lipinski definition) is 1. The normalized spacial score (nSPS) is 14.9. The number of nitrogens with one attached hydrogen (secondary N) is 1. The third-order valence-corrected chi connectivity index (χ3v) is 6.40. The first kappa shape index (κ1) is 20.0. The van der Waals surface area contributed by atoms with Crippen molar-refractivity contribution in [3.8, 4) is 17.1 Å². The van der Waals surface area contributed by atoms with E-state index in [1.54, 1.807) is 23.5 Å². The van der Waals surface area contributed by atoms with Gasteiger partial charge >= 0.3 is 0 Å². The summed E-state index contributed by atoms with van der Waals surface area (Å²) in [5.74, 6) is 1.51. The Bertz CT molecular complexity index is 965. The molecular formula is C22H24N4OS2. The lowest BCUT2D eigenvalue weighted by atomic mass is 10.1. The highest BCUT2D eigenvalue weighted by Crippen LogP contribution is 2.39. The van der Waals surface area contributed by atoms with Crippen LogP contribution in [0, 0.1) is 0 Å². The van der Waals surface area contributed by atoms with E-state index in [0.29, 0.717) is 16.7 Å². The van der Waals surface area contributed by atoms with Gasteiger partial charge < -0.3 is 10.1 Å². The molecule has 3 aromatic rings. The number of benzene rings is 2. The molecule has 0 spiro atoms. The van der Waals surface area contributed by atoms with E-state index in [2.05, 4.69) is 53.0 Å². The molecule has 0 saturated carbocycles. The molecule has 4 rings (SSSR count).